The summed E-state index contributed by atoms with van der Waals surface area (Å²) < 4.78 is 49.3. The van der Waals surface area contributed by atoms with Gasteiger partial charge in [-0.25, -0.2) is 4.98 Å². The molecule has 0 saturated carbocycles. The van der Waals surface area contributed by atoms with Crippen LogP contribution in [-0.4, -0.2) is 43.1 Å². The van der Waals surface area contributed by atoms with Gasteiger partial charge in [0, 0.05) is 65.0 Å². The van der Waals surface area contributed by atoms with E-state index >= 15 is 0 Å². The second kappa shape index (κ2) is 26.1. The Balaban J connectivity index is 0.000000211. The number of rotatable bonds is 10. The van der Waals surface area contributed by atoms with E-state index in [1.807, 2.05) is 36.4 Å². The average Bonchev–Trinajstić information content (AvgIpc) is 2.67. The van der Waals surface area contributed by atoms with Crippen LogP contribution in [0.15, 0.2) is 188 Å². The standard InChI is InChI=1S/C37H21N3O4.C29H30F3N4.CNS.Ru/c41-22-43-27-14-16-39-35(19-27)37-21-28(44-23-42)20-36(40-37)34-17-24(13-15-38-34)9-10-26-18-33-29-6-2-1-5-25(29)11-12-32(33)31-8-4-3-7-30(26)31;1-27(2,3)19-7-11-21(12-8-19)36(22-13-9-20(10-14-22)28(4,5)6)23-15-16-33-24(17-23)25-18-26(35-34-25)29(30,31)32;2-1-3;/h1-8,11-23H;7-18H,1-6H3;;/q;2*-1;+2. The van der Waals surface area contributed by atoms with Crippen molar-refractivity contribution in [2.24, 2.45) is 0 Å². The molecule has 0 radical (unpaired) electrons. The van der Waals surface area contributed by atoms with Crippen LogP contribution < -0.4 is 19.5 Å². The number of nitrogens with zero attached hydrogens (tertiary/aromatic N) is 8. The summed E-state index contributed by atoms with van der Waals surface area (Å²) in [6.45, 7) is 13.7. The smallest absolute Gasteiger partial charge is 0.753 e. The Kier molecular flexibility index (Phi) is 18.8. The van der Waals surface area contributed by atoms with Crippen LogP contribution in [0.25, 0.3) is 71.9 Å². The van der Waals surface area contributed by atoms with E-state index in [1.54, 1.807) is 42.7 Å². The number of anilines is 3. The Hall–Kier alpha value is -9.58. The van der Waals surface area contributed by atoms with E-state index in [1.165, 1.54) is 38.6 Å². The zero-order chi connectivity index (χ0) is 58.9. The Morgan fingerprint density at radius 1 is 0.536 bits per heavy atom. The summed E-state index contributed by atoms with van der Waals surface area (Å²) in [5, 5.41) is 22.4. The van der Waals surface area contributed by atoms with Gasteiger partial charge >= 0.3 is 25.7 Å². The van der Waals surface area contributed by atoms with Crippen LogP contribution in [0.4, 0.5) is 30.2 Å². The van der Waals surface area contributed by atoms with Crippen LogP contribution in [0.3, 0.4) is 0 Å². The molecule has 12 nitrogen and oxygen atoms in total. The maximum absolute atomic E-state index is 13.1. The summed E-state index contributed by atoms with van der Waals surface area (Å²) in [5.41, 5.74) is 7.87. The van der Waals surface area contributed by atoms with E-state index in [-0.39, 0.29) is 41.8 Å². The fourth-order valence-electron chi connectivity index (χ4n) is 9.25. The summed E-state index contributed by atoms with van der Waals surface area (Å²) in [6.07, 6.45) is 0.179. The number of hydrogen-bond donors (Lipinski definition) is 0. The molecular formula is C67H51F3N8O4RuS. The molecule has 0 bridgehead atoms. The molecule has 0 saturated heterocycles. The molecule has 0 aliphatic carbocycles. The number of carbonyl (C=O) groups is 2. The van der Waals surface area contributed by atoms with Gasteiger partial charge in [0.15, 0.2) is 0 Å². The number of thiocarbonyl (C=S) groups is 1. The predicted octanol–water partition coefficient (Wildman–Crippen LogP) is 16.0. The summed E-state index contributed by atoms with van der Waals surface area (Å²) >= 11 is 3.70. The van der Waals surface area contributed by atoms with Crippen molar-refractivity contribution >= 4 is 79.7 Å². The third-order valence-electron chi connectivity index (χ3n) is 13.4. The minimum atomic E-state index is -4.56. The van der Waals surface area contributed by atoms with Gasteiger partial charge in [0.1, 0.15) is 17.2 Å². The number of benzene rings is 6. The number of carbonyl (C=O) groups excluding carboxylic acids is 2. The molecule has 0 amide bonds. The molecule has 0 spiro atoms. The van der Waals surface area contributed by atoms with Gasteiger partial charge in [-0.15, -0.1) is 0 Å². The van der Waals surface area contributed by atoms with E-state index in [4.69, 9.17) is 19.9 Å². The van der Waals surface area contributed by atoms with Crippen LogP contribution in [0, 0.1) is 11.8 Å². The van der Waals surface area contributed by atoms with E-state index in [0.29, 0.717) is 47.2 Å². The van der Waals surface area contributed by atoms with E-state index in [0.717, 1.165) is 50.4 Å². The average molecular weight is 1220 g/mol. The van der Waals surface area contributed by atoms with Gasteiger partial charge in [0.05, 0.1) is 28.5 Å². The van der Waals surface area contributed by atoms with Crippen molar-refractivity contribution < 1.29 is 51.7 Å². The molecule has 17 heteroatoms. The molecule has 5 aromatic heterocycles. The van der Waals surface area contributed by atoms with Crippen molar-refractivity contribution in [3.63, 3.8) is 0 Å². The third-order valence-corrected chi connectivity index (χ3v) is 13.4. The first kappa shape index (κ1) is 60.5. The van der Waals surface area contributed by atoms with Gasteiger partial charge in [-0.1, -0.05) is 156 Å². The SMILES string of the molecule is CC(C)(C)c1ccc(N(c2ccc(C(C)(C)C)cc2)c2ccnc(-c3cc(C(F)(F)F)n[n-]3)c2)cc1.O=COc1ccnc(-c2cc(OC=O)cc(-c3cc(C#Cc4cc5c6ccccc6ccc5c5ccccc45)ccn3)n2)c1.[N-]=C=S.[Ru+2]. The topological polar surface area (TPSA) is 157 Å². The Labute approximate surface area is 501 Å². The monoisotopic (exact) mass is 1220 g/mol. The number of halogens is 3. The van der Waals surface area contributed by atoms with Gasteiger partial charge in [-0.2, -0.15) is 18.3 Å². The van der Waals surface area contributed by atoms with Crippen LogP contribution in [0.1, 0.15) is 69.5 Å². The second-order valence-corrected chi connectivity index (χ2v) is 21.1. The first-order chi connectivity index (χ1) is 39.8. The Morgan fingerprint density at radius 2 is 1.06 bits per heavy atom. The maximum atomic E-state index is 13.1. The molecule has 11 rings (SSSR count). The van der Waals surface area contributed by atoms with Gasteiger partial charge < -0.3 is 30.0 Å². The van der Waals surface area contributed by atoms with Gasteiger partial charge in [-0.3, -0.25) is 24.5 Å². The van der Waals surface area contributed by atoms with E-state index in [9.17, 15) is 22.8 Å². The summed E-state index contributed by atoms with van der Waals surface area (Å²) in [7, 11) is 0. The molecule has 0 unspecified atom stereocenters. The number of aromatic nitrogens is 6. The second-order valence-electron chi connectivity index (χ2n) is 20.9. The minimum absolute atomic E-state index is 0. The van der Waals surface area contributed by atoms with Gasteiger partial charge in [0.2, 0.25) is 0 Å². The first-order valence-corrected chi connectivity index (χ1v) is 26.3. The normalized spacial score (nSPS) is 11.1. The van der Waals surface area contributed by atoms with E-state index < -0.39 is 11.9 Å². The van der Waals surface area contributed by atoms with Crippen molar-refractivity contribution in [2.75, 3.05) is 4.90 Å². The number of pyridine rings is 4. The molecule has 0 fully saturated rings. The molecule has 6 aromatic carbocycles. The number of isothiocyanates is 1. The van der Waals surface area contributed by atoms with Crippen LogP contribution >= 0.6 is 12.2 Å². The molecule has 418 valence electrons. The molecule has 0 N–H and O–H groups in total. The molecule has 5 heterocycles. The molecule has 84 heavy (non-hydrogen) atoms. The molecule has 0 atom stereocenters. The van der Waals surface area contributed by atoms with Crippen molar-refractivity contribution in [3.8, 4) is 57.5 Å². The molecule has 0 aliphatic rings. The number of ether oxygens (including phenoxy) is 2. The fourth-order valence-corrected chi connectivity index (χ4v) is 9.25. The maximum Gasteiger partial charge on any atom is 2.00 e. The summed E-state index contributed by atoms with van der Waals surface area (Å²) in [6, 6.07) is 54.3. The summed E-state index contributed by atoms with van der Waals surface area (Å²) in [4.78, 5) is 41.9. The fraction of sp³-hybridized carbons (Fsp3) is 0.134. The van der Waals surface area contributed by atoms with Crippen molar-refractivity contribution in [2.45, 2.75) is 58.5 Å². The van der Waals surface area contributed by atoms with Gasteiger partial charge in [0.25, 0.3) is 12.9 Å². The Morgan fingerprint density at radius 3 is 1.65 bits per heavy atom. The Bertz CT molecular complexity index is 4220. The number of alkyl halides is 3. The van der Waals surface area contributed by atoms with E-state index in [2.05, 4.69) is 193 Å². The van der Waals surface area contributed by atoms with Crippen LogP contribution in [0.5, 0.6) is 11.5 Å². The summed E-state index contributed by atoms with van der Waals surface area (Å²) in [5.74, 6) is 7.29. The van der Waals surface area contributed by atoms with Crippen molar-refractivity contribution in [1.82, 2.24) is 30.1 Å². The molecule has 11 aromatic rings. The zero-order valence-corrected chi connectivity index (χ0v) is 48.7. The molecule has 0 aliphatic heterocycles. The van der Waals surface area contributed by atoms with Gasteiger partial charge in [-0.05, 0) is 121 Å². The first-order valence-electron chi connectivity index (χ1n) is 25.9. The quantitative estimate of drug-likeness (QED) is 0.0319. The van der Waals surface area contributed by atoms with Crippen molar-refractivity contribution in [3.05, 3.63) is 222 Å². The predicted molar refractivity (Wildman–Crippen MR) is 323 cm³/mol. The van der Waals surface area contributed by atoms with Crippen LogP contribution in [0.2, 0.25) is 0 Å². The minimum Gasteiger partial charge on any atom is -0.753 e. The number of fused-ring (bicyclic) bond motifs is 5. The zero-order valence-electron chi connectivity index (χ0n) is 46.2. The third kappa shape index (κ3) is 14.2. The molecular weight excluding hydrogens is 1170 g/mol. The largest absolute Gasteiger partial charge is 2.00 e. The van der Waals surface area contributed by atoms with Crippen LogP contribution in [-0.2, 0) is 46.1 Å². The van der Waals surface area contributed by atoms with Crippen molar-refractivity contribution in [1.29, 1.82) is 0 Å². The number of hydrogen-bond acceptors (Lipinski definition) is 11.